The van der Waals surface area contributed by atoms with E-state index in [4.69, 9.17) is 9.47 Å². The van der Waals surface area contributed by atoms with Crippen molar-refractivity contribution in [3.8, 4) is 17.6 Å². The van der Waals surface area contributed by atoms with E-state index in [0.717, 1.165) is 27.2 Å². The highest BCUT2D eigenvalue weighted by atomic mass is 79.9. The number of benzene rings is 2. The van der Waals surface area contributed by atoms with Crippen molar-refractivity contribution in [1.82, 2.24) is 0 Å². The molecule has 1 heterocycles. The van der Waals surface area contributed by atoms with Crippen LogP contribution in [0.1, 0.15) is 11.1 Å². The Hall–Kier alpha value is -2.19. The molecule has 0 bridgehead atoms. The number of ether oxygens (including phenoxy) is 2. The van der Waals surface area contributed by atoms with Crippen molar-refractivity contribution in [3.05, 3.63) is 52.0 Å². The second kappa shape index (κ2) is 6.06. The lowest BCUT2D eigenvalue weighted by Gasteiger charge is -2.21. The molecule has 0 radical (unpaired) electrons. The van der Waals surface area contributed by atoms with Crippen LogP contribution in [0.15, 0.2) is 40.9 Å². The van der Waals surface area contributed by atoms with Crippen molar-refractivity contribution in [2.45, 2.75) is 6.54 Å². The maximum Gasteiger partial charge on any atom is 0.166 e. The van der Waals surface area contributed by atoms with Gasteiger partial charge < -0.3 is 14.8 Å². The Morgan fingerprint density at radius 1 is 1.19 bits per heavy atom. The van der Waals surface area contributed by atoms with Gasteiger partial charge in [-0.2, -0.15) is 5.26 Å². The first-order valence-electron chi connectivity index (χ1n) is 6.59. The first-order valence-corrected chi connectivity index (χ1v) is 7.38. The summed E-state index contributed by atoms with van der Waals surface area (Å²) in [6, 6.07) is 13.6. The molecule has 0 aromatic heterocycles. The van der Waals surface area contributed by atoms with Gasteiger partial charge in [-0.3, -0.25) is 0 Å². The molecule has 2 aromatic carbocycles. The average Bonchev–Trinajstić information content (AvgIpc) is 2.53. The molecule has 21 heavy (non-hydrogen) atoms. The molecule has 0 saturated carbocycles. The van der Waals surface area contributed by atoms with Gasteiger partial charge in [-0.15, -0.1) is 0 Å². The molecular weight excluding hydrogens is 332 g/mol. The monoisotopic (exact) mass is 344 g/mol. The first kappa shape index (κ1) is 13.8. The van der Waals surface area contributed by atoms with E-state index in [2.05, 4.69) is 27.3 Å². The number of fused-ring (bicyclic) bond motifs is 1. The van der Waals surface area contributed by atoms with Crippen LogP contribution in [0.5, 0.6) is 11.5 Å². The van der Waals surface area contributed by atoms with Gasteiger partial charge in [-0.25, -0.2) is 0 Å². The highest BCUT2D eigenvalue weighted by Crippen LogP contribution is 2.34. The maximum absolute atomic E-state index is 9.18. The SMILES string of the molecule is N#Cc1cc(Br)ccc1NCc1cccc2c1OCCO2. The topological polar surface area (TPSA) is 54.3 Å². The van der Waals surface area contributed by atoms with E-state index in [0.29, 0.717) is 25.3 Å². The van der Waals surface area contributed by atoms with Crippen LogP contribution in [0.3, 0.4) is 0 Å². The van der Waals surface area contributed by atoms with Gasteiger partial charge in [0.1, 0.15) is 19.3 Å². The summed E-state index contributed by atoms with van der Waals surface area (Å²) in [7, 11) is 0. The van der Waals surface area contributed by atoms with Gasteiger partial charge in [0.05, 0.1) is 11.3 Å². The van der Waals surface area contributed by atoms with Crippen LogP contribution in [0.25, 0.3) is 0 Å². The van der Waals surface area contributed by atoms with Crippen LogP contribution < -0.4 is 14.8 Å². The van der Waals surface area contributed by atoms with E-state index in [-0.39, 0.29) is 0 Å². The lowest BCUT2D eigenvalue weighted by molar-refractivity contribution is 0.170. The number of halogens is 1. The standard InChI is InChI=1S/C16H13BrN2O2/c17-13-4-5-14(12(8-13)9-18)19-10-11-2-1-3-15-16(11)21-7-6-20-15/h1-5,8,19H,6-7,10H2. The van der Waals surface area contributed by atoms with Gasteiger partial charge in [0.25, 0.3) is 0 Å². The summed E-state index contributed by atoms with van der Waals surface area (Å²) in [6.07, 6.45) is 0. The van der Waals surface area contributed by atoms with Gasteiger partial charge in [0.2, 0.25) is 0 Å². The molecule has 5 heteroatoms. The predicted molar refractivity (Wildman–Crippen MR) is 83.6 cm³/mol. The predicted octanol–water partition coefficient (Wildman–Crippen LogP) is 3.70. The van der Waals surface area contributed by atoms with Gasteiger partial charge in [-0.1, -0.05) is 28.1 Å². The number of hydrogen-bond donors (Lipinski definition) is 1. The van der Waals surface area contributed by atoms with E-state index in [1.54, 1.807) is 6.07 Å². The van der Waals surface area contributed by atoms with Crippen LogP contribution in [-0.4, -0.2) is 13.2 Å². The van der Waals surface area contributed by atoms with Crippen molar-refractivity contribution in [1.29, 1.82) is 5.26 Å². The number of anilines is 1. The molecule has 0 atom stereocenters. The molecule has 3 rings (SSSR count). The zero-order valence-corrected chi connectivity index (χ0v) is 12.8. The van der Waals surface area contributed by atoms with Crippen LogP contribution in [0.4, 0.5) is 5.69 Å². The van der Waals surface area contributed by atoms with E-state index < -0.39 is 0 Å². The summed E-state index contributed by atoms with van der Waals surface area (Å²) < 4.78 is 12.1. The molecule has 0 saturated heterocycles. The molecule has 1 aliphatic heterocycles. The van der Waals surface area contributed by atoms with Crippen LogP contribution in [0, 0.1) is 11.3 Å². The minimum atomic E-state index is 0.561. The average molecular weight is 345 g/mol. The molecule has 1 N–H and O–H groups in total. The third-order valence-electron chi connectivity index (χ3n) is 3.22. The van der Waals surface area contributed by atoms with Crippen LogP contribution in [0.2, 0.25) is 0 Å². The Morgan fingerprint density at radius 3 is 2.90 bits per heavy atom. The molecule has 0 spiro atoms. The second-order valence-corrected chi connectivity index (χ2v) is 5.51. The Kier molecular flexibility index (Phi) is 3.98. The largest absolute Gasteiger partial charge is 0.486 e. The summed E-state index contributed by atoms with van der Waals surface area (Å²) in [5.41, 5.74) is 2.42. The molecule has 0 fully saturated rings. The quantitative estimate of drug-likeness (QED) is 0.922. The fraction of sp³-hybridized carbons (Fsp3) is 0.188. The number of nitrogens with one attached hydrogen (secondary N) is 1. The third-order valence-corrected chi connectivity index (χ3v) is 3.71. The first-order chi connectivity index (χ1) is 10.3. The summed E-state index contributed by atoms with van der Waals surface area (Å²) in [6.45, 7) is 1.71. The van der Waals surface area contributed by atoms with Crippen molar-refractivity contribution in [2.24, 2.45) is 0 Å². The van der Waals surface area contributed by atoms with Crippen molar-refractivity contribution in [3.63, 3.8) is 0 Å². The molecule has 0 amide bonds. The summed E-state index contributed by atoms with van der Waals surface area (Å²) in [5, 5.41) is 12.5. The summed E-state index contributed by atoms with van der Waals surface area (Å²) >= 11 is 3.37. The summed E-state index contributed by atoms with van der Waals surface area (Å²) in [4.78, 5) is 0. The molecule has 1 aliphatic rings. The van der Waals surface area contributed by atoms with E-state index >= 15 is 0 Å². The van der Waals surface area contributed by atoms with Gasteiger partial charge in [0.15, 0.2) is 11.5 Å². The van der Waals surface area contributed by atoms with Crippen molar-refractivity contribution >= 4 is 21.6 Å². The fourth-order valence-corrected chi connectivity index (χ4v) is 2.59. The Bertz CT molecular complexity index is 710. The number of nitrogens with zero attached hydrogens (tertiary/aromatic N) is 1. The zero-order valence-electron chi connectivity index (χ0n) is 11.2. The van der Waals surface area contributed by atoms with Crippen LogP contribution >= 0.6 is 15.9 Å². The lowest BCUT2D eigenvalue weighted by Crippen LogP contribution is -2.17. The van der Waals surface area contributed by atoms with Crippen LogP contribution in [-0.2, 0) is 6.54 Å². The van der Waals surface area contributed by atoms with Gasteiger partial charge in [0, 0.05) is 16.6 Å². The summed E-state index contributed by atoms with van der Waals surface area (Å²) in [5.74, 6) is 1.56. The minimum Gasteiger partial charge on any atom is -0.486 e. The van der Waals surface area contributed by atoms with Crippen molar-refractivity contribution < 1.29 is 9.47 Å². The molecule has 0 aliphatic carbocycles. The Labute approximate surface area is 131 Å². The normalized spacial score (nSPS) is 12.6. The van der Waals surface area contributed by atoms with E-state index in [9.17, 15) is 5.26 Å². The maximum atomic E-state index is 9.18. The smallest absolute Gasteiger partial charge is 0.166 e. The highest BCUT2D eigenvalue weighted by Gasteiger charge is 2.15. The van der Waals surface area contributed by atoms with Crippen molar-refractivity contribution in [2.75, 3.05) is 18.5 Å². The zero-order chi connectivity index (χ0) is 14.7. The lowest BCUT2D eigenvalue weighted by atomic mass is 10.1. The molecule has 106 valence electrons. The second-order valence-electron chi connectivity index (χ2n) is 4.60. The minimum absolute atomic E-state index is 0.561. The number of nitriles is 1. The third kappa shape index (κ3) is 2.96. The fourth-order valence-electron chi connectivity index (χ4n) is 2.23. The number of para-hydroxylation sites is 1. The van der Waals surface area contributed by atoms with E-state index in [1.807, 2.05) is 30.3 Å². The molecule has 0 unspecified atom stereocenters. The van der Waals surface area contributed by atoms with Gasteiger partial charge in [-0.05, 0) is 24.3 Å². The molecule has 4 nitrogen and oxygen atoms in total. The van der Waals surface area contributed by atoms with E-state index in [1.165, 1.54) is 0 Å². The molecular formula is C16H13BrN2O2. The Morgan fingerprint density at radius 2 is 2.05 bits per heavy atom. The Balaban J connectivity index is 1.81. The highest BCUT2D eigenvalue weighted by molar-refractivity contribution is 9.10. The number of rotatable bonds is 3. The van der Waals surface area contributed by atoms with Gasteiger partial charge >= 0.3 is 0 Å². The number of hydrogen-bond acceptors (Lipinski definition) is 4. The molecule has 2 aromatic rings.